The quantitative estimate of drug-likeness (QED) is 0.470. The molecule has 19 heavy (non-hydrogen) atoms. The average Bonchev–Trinajstić information content (AvgIpc) is 2.46. The molecule has 0 spiro atoms. The van der Waals surface area contributed by atoms with Crippen LogP contribution in [-0.2, 0) is 16.6 Å². The Bertz CT molecular complexity index is 629. The second kappa shape index (κ2) is 5.65. The lowest BCUT2D eigenvalue weighted by Crippen LogP contribution is -2.24. The number of anilines is 1. The molecule has 0 saturated carbocycles. The first-order chi connectivity index (χ1) is 9.12. The van der Waals surface area contributed by atoms with E-state index in [1.54, 1.807) is 12.1 Å². The molecule has 9 nitrogen and oxygen atoms in total. The summed E-state index contributed by atoms with van der Waals surface area (Å²) in [5.74, 6) is 5.22. The molecule has 0 amide bonds. The van der Waals surface area contributed by atoms with E-state index in [1.807, 2.05) is 0 Å². The summed E-state index contributed by atoms with van der Waals surface area (Å²) in [5, 5.41) is 7.42. The Morgan fingerprint density at radius 1 is 1.26 bits per heavy atom. The van der Waals surface area contributed by atoms with Crippen molar-refractivity contribution in [3.05, 3.63) is 36.4 Å². The fraction of sp³-hybridized carbons (Fsp3) is 0.111. The normalized spacial score (nSPS) is 11.2. The van der Waals surface area contributed by atoms with E-state index in [2.05, 4.69) is 30.3 Å². The number of nitrogens with zero attached hydrogens (tertiary/aromatic N) is 4. The summed E-state index contributed by atoms with van der Waals surface area (Å²) in [4.78, 5) is 7.39. The van der Waals surface area contributed by atoms with Crippen LogP contribution < -0.4 is 16.0 Å². The van der Waals surface area contributed by atoms with E-state index in [9.17, 15) is 8.42 Å². The van der Waals surface area contributed by atoms with Crippen molar-refractivity contribution in [1.82, 2.24) is 24.9 Å². The van der Waals surface area contributed by atoms with Gasteiger partial charge in [0.15, 0.2) is 0 Å². The molecular formula is C9H11N7O2S. The first-order valence-electron chi connectivity index (χ1n) is 5.17. The van der Waals surface area contributed by atoms with Crippen LogP contribution in [0.15, 0.2) is 35.6 Å². The van der Waals surface area contributed by atoms with Crippen molar-refractivity contribution in [1.29, 1.82) is 0 Å². The summed E-state index contributed by atoms with van der Waals surface area (Å²) in [6.45, 7) is 0.0348. The van der Waals surface area contributed by atoms with Gasteiger partial charge in [0.25, 0.3) is 0 Å². The van der Waals surface area contributed by atoms with Crippen molar-refractivity contribution in [3.63, 3.8) is 0 Å². The number of sulfonamides is 1. The van der Waals surface area contributed by atoms with Crippen LogP contribution in [-0.4, -0.2) is 28.6 Å². The number of nitrogens with one attached hydrogen (secondary N) is 2. The highest BCUT2D eigenvalue weighted by molar-refractivity contribution is 7.89. The molecule has 10 heteroatoms. The molecule has 2 heterocycles. The highest BCUT2D eigenvalue weighted by atomic mass is 32.2. The van der Waals surface area contributed by atoms with Crippen LogP contribution in [0, 0.1) is 0 Å². The fourth-order valence-electron chi connectivity index (χ4n) is 1.21. The van der Waals surface area contributed by atoms with Crippen LogP contribution in [0.3, 0.4) is 0 Å². The van der Waals surface area contributed by atoms with Gasteiger partial charge >= 0.3 is 0 Å². The maximum atomic E-state index is 11.9. The maximum Gasteiger partial charge on any atom is 0.244 e. The predicted octanol–water partition coefficient (Wildman–Crippen LogP) is -0.969. The smallest absolute Gasteiger partial charge is 0.244 e. The summed E-state index contributed by atoms with van der Waals surface area (Å²) in [6.07, 6.45) is 3.81. The Morgan fingerprint density at radius 3 is 2.58 bits per heavy atom. The van der Waals surface area contributed by atoms with Crippen LogP contribution >= 0.6 is 0 Å². The molecule has 2 rings (SSSR count). The number of hydrazine groups is 1. The van der Waals surface area contributed by atoms with Crippen molar-refractivity contribution < 1.29 is 8.42 Å². The van der Waals surface area contributed by atoms with Crippen molar-refractivity contribution in [3.8, 4) is 0 Å². The zero-order chi connectivity index (χ0) is 13.7. The van der Waals surface area contributed by atoms with Gasteiger partial charge in [-0.2, -0.15) is 10.2 Å². The van der Waals surface area contributed by atoms with Gasteiger partial charge in [-0.05, 0) is 12.1 Å². The number of rotatable bonds is 5. The molecule has 0 saturated heterocycles. The number of hydrogen-bond acceptors (Lipinski definition) is 8. The predicted molar refractivity (Wildman–Crippen MR) is 65.9 cm³/mol. The van der Waals surface area contributed by atoms with Crippen LogP contribution in [0.25, 0.3) is 0 Å². The van der Waals surface area contributed by atoms with Gasteiger partial charge in [-0.1, -0.05) is 0 Å². The molecule has 0 aliphatic carbocycles. The molecule has 0 bridgehead atoms. The van der Waals surface area contributed by atoms with E-state index in [0.29, 0.717) is 5.69 Å². The molecule has 0 atom stereocenters. The lowest BCUT2D eigenvalue weighted by Gasteiger charge is -2.05. The highest BCUT2D eigenvalue weighted by Gasteiger charge is 2.15. The molecule has 100 valence electrons. The lowest BCUT2D eigenvalue weighted by atomic mass is 10.4. The molecule has 0 aromatic carbocycles. The summed E-state index contributed by atoms with van der Waals surface area (Å²) in [7, 11) is -3.69. The number of nitrogen functional groups attached to an aromatic ring is 1. The molecule has 4 N–H and O–H groups in total. The largest absolute Gasteiger partial charge is 0.292 e. The second-order valence-electron chi connectivity index (χ2n) is 3.43. The van der Waals surface area contributed by atoms with Crippen molar-refractivity contribution >= 4 is 16.0 Å². The molecule has 2 aromatic heterocycles. The topological polar surface area (TPSA) is 136 Å². The Kier molecular flexibility index (Phi) is 3.94. The molecule has 0 unspecified atom stereocenters. The van der Waals surface area contributed by atoms with Crippen molar-refractivity contribution in [2.45, 2.75) is 11.4 Å². The first-order valence-corrected chi connectivity index (χ1v) is 6.65. The van der Waals surface area contributed by atoms with E-state index in [4.69, 9.17) is 5.84 Å². The minimum atomic E-state index is -3.69. The van der Waals surface area contributed by atoms with Gasteiger partial charge in [0.2, 0.25) is 16.0 Å². The monoisotopic (exact) mass is 281 g/mol. The summed E-state index contributed by atoms with van der Waals surface area (Å²) < 4.78 is 26.2. The van der Waals surface area contributed by atoms with E-state index >= 15 is 0 Å². The molecule has 0 aliphatic rings. The third-order valence-electron chi connectivity index (χ3n) is 2.14. The van der Waals surface area contributed by atoms with E-state index in [0.717, 1.165) is 12.4 Å². The molecule has 0 fully saturated rings. The highest BCUT2D eigenvalue weighted by Crippen LogP contribution is 2.07. The second-order valence-corrected chi connectivity index (χ2v) is 5.19. The lowest BCUT2D eigenvalue weighted by molar-refractivity contribution is 0.579. The van der Waals surface area contributed by atoms with Gasteiger partial charge < -0.3 is 0 Å². The Labute approximate surface area is 109 Å². The first kappa shape index (κ1) is 13.3. The average molecular weight is 281 g/mol. The van der Waals surface area contributed by atoms with Crippen molar-refractivity contribution in [2.75, 3.05) is 5.43 Å². The van der Waals surface area contributed by atoms with Crippen molar-refractivity contribution in [2.24, 2.45) is 5.84 Å². The van der Waals surface area contributed by atoms with Gasteiger partial charge in [0, 0.05) is 6.20 Å². The van der Waals surface area contributed by atoms with Crippen LogP contribution in [0.2, 0.25) is 0 Å². The maximum absolute atomic E-state index is 11.9. The number of hydrogen-bond donors (Lipinski definition) is 3. The standard InChI is InChI=1S/C9H11N7O2S/c10-15-9-11-5-8(6-12-9)19(17,18)14-4-7-2-1-3-13-16-7/h1-3,5-6,14H,4,10H2,(H,11,12,15). The van der Waals surface area contributed by atoms with Crippen LogP contribution in [0.4, 0.5) is 5.95 Å². The zero-order valence-corrected chi connectivity index (χ0v) is 10.5. The van der Waals surface area contributed by atoms with E-state index in [1.165, 1.54) is 6.20 Å². The van der Waals surface area contributed by atoms with Gasteiger partial charge in [-0.25, -0.2) is 29.0 Å². The number of nitrogens with two attached hydrogens (primary N) is 1. The molecule has 2 aromatic rings. The van der Waals surface area contributed by atoms with Crippen LogP contribution in [0.5, 0.6) is 0 Å². The molecular weight excluding hydrogens is 270 g/mol. The minimum Gasteiger partial charge on any atom is -0.292 e. The third-order valence-corrected chi connectivity index (χ3v) is 3.49. The Hall–Kier alpha value is -2.17. The summed E-state index contributed by atoms with van der Waals surface area (Å²) >= 11 is 0. The van der Waals surface area contributed by atoms with Gasteiger partial charge in [-0.15, -0.1) is 0 Å². The summed E-state index contributed by atoms with van der Waals surface area (Å²) in [6, 6.07) is 3.33. The van der Waals surface area contributed by atoms with E-state index in [-0.39, 0.29) is 17.4 Å². The Morgan fingerprint density at radius 2 is 2.00 bits per heavy atom. The third kappa shape index (κ3) is 3.40. The van der Waals surface area contributed by atoms with Gasteiger partial charge in [0.05, 0.1) is 24.6 Å². The minimum absolute atomic E-state index is 0.0348. The number of aromatic nitrogens is 4. The van der Waals surface area contributed by atoms with Gasteiger partial charge in [0.1, 0.15) is 4.90 Å². The summed E-state index contributed by atoms with van der Waals surface area (Å²) in [5.41, 5.74) is 2.71. The molecule has 0 aliphatic heterocycles. The van der Waals surface area contributed by atoms with E-state index < -0.39 is 10.0 Å². The van der Waals surface area contributed by atoms with Gasteiger partial charge in [-0.3, -0.25) is 5.43 Å². The SMILES string of the molecule is NNc1ncc(S(=O)(=O)NCc2cccnn2)cn1. The molecule has 0 radical (unpaired) electrons. The zero-order valence-electron chi connectivity index (χ0n) is 9.68. The fourth-order valence-corrected chi connectivity index (χ4v) is 2.10. The Balaban J connectivity index is 2.09. The van der Waals surface area contributed by atoms with Crippen LogP contribution in [0.1, 0.15) is 5.69 Å².